The lowest BCUT2D eigenvalue weighted by molar-refractivity contribution is -0.127. The average molecular weight is 371 g/mol. The maximum atomic E-state index is 12.6. The molecule has 1 aliphatic carbocycles. The molecule has 1 saturated heterocycles. The van der Waals surface area contributed by atoms with E-state index in [-0.39, 0.29) is 23.1 Å². The summed E-state index contributed by atoms with van der Waals surface area (Å²) in [6.45, 7) is 2.52. The van der Waals surface area contributed by atoms with Gasteiger partial charge in [0, 0.05) is 24.0 Å². The minimum absolute atomic E-state index is 0.0380. The number of benzene rings is 1. The van der Waals surface area contributed by atoms with Crippen molar-refractivity contribution in [2.75, 3.05) is 18.8 Å². The fourth-order valence-corrected chi connectivity index (χ4v) is 4.55. The molecule has 132 valence electrons. The Morgan fingerprint density at radius 1 is 1.25 bits per heavy atom. The van der Waals surface area contributed by atoms with E-state index in [0.717, 1.165) is 18.4 Å². The Bertz CT molecular complexity index is 706. The van der Waals surface area contributed by atoms with Crippen molar-refractivity contribution in [1.82, 2.24) is 9.62 Å². The molecular weight excluding hydrogens is 348 g/mol. The van der Waals surface area contributed by atoms with Gasteiger partial charge in [-0.3, -0.25) is 4.79 Å². The van der Waals surface area contributed by atoms with Crippen molar-refractivity contribution < 1.29 is 13.2 Å². The van der Waals surface area contributed by atoms with Crippen LogP contribution in [0, 0.1) is 5.92 Å². The maximum Gasteiger partial charge on any atom is 0.223 e. The monoisotopic (exact) mass is 370 g/mol. The molecule has 0 aromatic heterocycles. The van der Waals surface area contributed by atoms with Gasteiger partial charge in [-0.15, -0.1) is 0 Å². The fourth-order valence-electron chi connectivity index (χ4n) is 3.30. The van der Waals surface area contributed by atoms with Gasteiger partial charge in [-0.25, -0.2) is 12.7 Å². The number of rotatable bonds is 5. The van der Waals surface area contributed by atoms with Gasteiger partial charge in [0.05, 0.1) is 11.3 Å². The Kier molecular flexibility index (Phi) is 4.91. The second kappa shape index (κ2) is 6.65. The molecular formula is C17H23ClN2O3S. The van der Waals surface area contributed by atoms with Gasteiger partial charge in [-0.1, -0.05) is 23.7 Å². The van der Waals surface area contributed by atoms with Crippen LogP contribution in [0.2, 0.25) is 5.02 Å². The van der Waals surface area contributed by atoms with Crippen LogP contribution in [0.1, 0.15) is 38.2 Å². The predicted molar refractivity (Wildman–Crippen MR) is 94.3 cm³/mol. The third kappa shape index (κ3) is 3.60. The predicted octanol–water partition coefficient (Wildman–Crippen LogP) is 2.51. The number of carbonyl (C=O) groups excluding carboxylic acids is 1. The largest absolute Gasteiger partial charge is 0.346 e. The number of halogens is 1. The smallest absolute Gasteiger partial charge is 0.223 e. The molecule has 0 atom stereocenters. The van der Waals surface area contributed by atoms with E-state index >= 15 is 0 Å². The molecule has 1 saturated carbocycles. The number of hydrogen-bond acceptors (Lipinski definition) is 3. The van der Waals surface area contributed by atoms with E-state index < -0.39 is 10.0 Å². The number of hydrogen-bond donors (Lipinski definition) is 1. The summed E-state index contributed by atoms with van der Waals surface area (Å²) in [5, 5.41) is 3.88. The number of nitrogens with one attached hydrogen (secondary N) is 1. The van der Waals surface area contributed by atoms with Gasteiger partial charge in [0.15, 0.2) is 0 Å². The van der Waals surface area contributed by atoms with Crippen LogP contribution in [-0.4, -0.2) is 37.5 Å². The molecule has 1 aliphatic heterocycles. The SMILES string of the molecule is CCS(=O)(=O)N1CCC(C(=O)NC2(c3ccc(Cl)cc3)CC2)CC1. The molecule has 1 amide bonds. The van der Waals surface area contributed by atoms with Crippen LogP contribution in [0.15, 0.2) is 24.3 Å². The highest BCUT2D eigenvalue weighted by atomic mass is 35.5. The molecule has 3 rings (SSSR count). The van der Waals surface area contributed by atoms with Crippen LogP contribution in [-0.2, 0) is 20.4 Å². The number of sulfonamides is 1. The van der Waals surface area contributed by atoms with Crippen molar-refractivity contribution in [3.8, 4) is 0 Å². The van der Waals surface area contributed by atoms with Crippen LogP contribution in [0.4, 0.5) is 0 Å². The maximum absolute atomic E-state index is 12.6. The van der Waals surface area contributed by atoms with Crippen molar-refractivity contribution >= 4 is 27.5 Å². The first-order chi connectivity index (χ1) is 11.4. The lowest BCUT2D eigenvalue weighted by atomic mass is 9.95. The van der Waals surface area contributed by atoms with E-state index in [0.29, 0.717) is 31.0 Å². The van der Waals surface area contributed by atoms with Crippen LogP contribution >= 0.6 is 11.6 Å². The van der Waals surface area contributed by atoms with Gasteiger partial charge in [-0.05, 0) is 50.3 Å². The summed E-state index contributed by atoms with van der Waals surface area (Å²) in [6, 6.07) is 7.62. The van der Waals surface area contributed by atoms with E-state index in [1.165, 1.54) is 4.31 Å². The van der Waals surface area contributed by atoms with E-state index in [2.05, 4.69) is 5.32 Å². The normalized spacial score (nSPS) is 21.4. The second-order valence-corrected chi connectivity index (χ2v) is 9.35. The quantitative estimate of drug-likeness (QED) is 0.866. The van der Waals surface area contributed by atoms with Gasteiger partial charge < -0.3 is 5.32 Å². The summed E-state index contributed by atoms with van der Waals surface area (Å²) in [4.78, 5) is 12.6. The topological polar surface area (TPSA) is 66.5 Å². The molecule has 0 bridgehead atoms. The van der Waals surface area contributed by atoms with E-state index in [9.17, 15) is 13.2 Å². The zero-order valence-electron chi connectivity index (χ0n) is 13.8. The van der Waals surface area contributed by atoms with Gasteiger partial charge in [0.2, 0.25) is 15.9 Å². The Morgan fingerprint density at radius 2 is 1.83 bits per heavy atom. The molecule has 1 heterocycles. The summed E-state index contributed by atoms with van der Waals surface area (Å²) >= 11 is 5.93. The zero-order chi connectivity index (χ0) is 17.4. The standard InChI is InChI=1S/C17H23ClN2O3S/c1-2-24(22,23)20-11-7-13(8-12-20)16(21)19-17(9-10-17)14-3-5-15(18)6-4-14/h3-6,13H,2,7-12H2,1H3,(H,19,21). The van der Waals surface area contributed by atoms with Crippen LogP contribution in [0.3, 0.4) is 0 Å². The third-order valence-corrected chi connectivity index (χ3v) is 7.23. The second-order valence-electron chi connectivity index (χ2n) is 6.65. The number of carbonyl (C=O) groups is 1. The van der Waals surface area contributed by atoms with Crippen molar-refractivity contribution in [1.29, 1.82) is 0 Å². The number of amides is 1. The van der Waals surface area contributed by atoms with E-state index in [4.69, 9.17) is 11.6 Å². The molecule has 1 aromatic rings. The summed E-state index contributed by atoms with van der Waals surface area (Å²) in [6.07, 6.45) is 3.04. The van der Waals surface area contributed by atoms with Crippen molar-refractivity contribution in [3.63, 3.8) is 0 Å². The summed E-state index contributed by atoms with van der Waals surface area (Å²) in [5.41, 5.74) is 0.833. The zero-order valence-corrected chi connectivity index (χ0v) is 15.4. The first-order valence-electron chi connectivity index (χ1n) is 8.42. The van der Waals surface area contributed by atoms with Gasteiger partial charge in [0.25, 0.3) is 0 Å². The van der Waals surface area contributed by atoms with Crippen LogP contribution in [0.5, 0.6) is 0 Å². The molecule has 0 unspecified atom stereocenters. The first kappa shape index (κ1) is 17.7. The summed E-state index contributed by atoms with van der Waals surface area (Å²) in [7, 11) is -3.15. The Hall–Kier alpha value is -1.11. The fraction of sp³-hybridized carbons (Fsp3) is 0.588. The lowest BCUT2D eigenvalue weighted by Gasteiger charge is -2.31. The van der Waals surface area contributed by atoms with Crippen molar-refractivity contribution in [3.05, 3.63) is 34.9 Å². The van der Waals surface area contributed by atoms with Crippen molar-refractivity contribution in [2.24, 2.45) is 5.92 Å². The molecule has 1 N–H and O–H groups in total. The molecule has 1 aromatic carbocycles. The Balaban J connectivity index is 1.60. The van der Waals surface area contributed by atoms with E-state index in [1.54, 1.807) is 6.92 Å². The minimum atomic E-state index is -3.15. The number of nitrogens with zero attached hydrogens (tertiary/aromatic N) is 1. The molecule has 0 spiro atoms. The average Bonchev–Trinajstić information content (AvgIpc) is 3.36. The molecule has 0 radical (unpaired) electrons. The molecule has 2 aliphatic rings. The number of piperidine rings is 1. The first-order valence-corrected chi connectivity index (χ1v) is 10.4. The van der Waals surface area contributed by atoms with E-state index in [1.807, 2.05) is 24.3 Å². The summed E-state index contributed by atoms with van der Waals surface area (Å²) < 4.78 is 25.3. The third-order valence-electron chi connectivity index (χ3n) is 5.09. The molecule has 7 heteroatoms. The molecule has 5 nitrogen and oxygen atoms in total. The van der Waals surface area contributed by atoms with Gasteiger partial charge >= 0.3 is 0 Å². The molecule has 24 heavy (non-hydrogen) atoms. The molecule has 2 fully saturated rings. The Morgan fingerprint density at radius 3 is 2.33 bits per heavy atom. The minimum Gasteiger partial charge on any atom is -0.346 e. The van der Waals surface area contributed by atoms with Gasteiger partial charge in [0.1, 0.15) is 0 Å². The Labute approximate surface area is 148 Å². The summed E-state index contributed by atoms with van der Waals surface area (Å²) in [5.74, 6) is 0.0397. The van der Waals surface area contributed by atoms with Crippen LogP contribution < -0.4 is 5.32 Å². The van der Waals surface area contributed by atoms with Crippen LogP contribution in [0.25, 0.3) is 0 Å². The van der Waals surface area contributed by atoms with Crippen molar-refractivity contribution in [2.45, 2.75) is 38.1 Å². The lowest BCUT2D eigenvalue weighted by Crippen LogP contribution is -2.45. The highest BCUT2D eigenvalue weighted by Crippen LogP contribution is 2.46. The van der Waals surface area contributed by atoms with Gasteiger partial charge in [-0.2, -0.15) is 0 Å². The highest BCUT2D eigenvalue weighted by Gasteiger charge is 2.46. The highest BCUT2D eigenvalue weighted by molar-refractivity contribution is 7.89.